The molecule has 1 aromatic carbocycles. The highest BCUT2D eigenvalue weighted by molar-refractivity contribution is 7.71. The number of rotatable bonds is 3. The van der Waals surface area contributed by atoms with Gasteiger partial charge in [0.25, 0.3) is 5.91 Å². The summed E-state index contributed by atoms with van der Waals surface area (Å²) in [6.45, 7) is 0. The van der Waals surface area contributed by atoms with Crippen LogP contribution in [0.2, 0.25) is 0 Å². The number of hydrogen-bond acceptors (Lipinski definition) is 3. The summed E-state index contributed by atoms with van der Waals surface area (Å²) in [5.74, 6) is -1.04. The smallest absolute Gasteiger partial charge is 0.280 e. The molecular formula is C9H12ClN3O3S. The number of amides is 1. The lowest BCUT2D eigenvalue weighted by Gasteiger charge is -1.99. The summed E-state index contributed by atoms with van der Waals surface area (Å²) in [6, 6.07) is 6.14. The molecule has 1 aromatic rings. The van der Waals surface area contributed by atoms with Crippen molar-refractivity contribution in [1.29, 1.82) is 0 Å². The van der Waals surface area contributed by atoms with E-state index in [1.165, 1.54) is 12.1 Å². The molecule has 0 radical (unpaired) electrons. The Hall–Kier alpha value is -1.60. The van der Waals surface area contributed by atoms with Crippen LogP contribution in [0.5, 0.6) is 0 Å². The number of benzene rings is 1. The molecule has 94 valence electrons. The molecule has 0 aliphatic carbocycles. The summed E-state index contributed by atoms with van der Waals surface area (Å²) in [5.41, 5.74) is 10.9. The van der Waals surface area contributed by atoms with Crippen LogP contribution in [0.4, 0.5) is 0 Å². The molecular weight excluding hydrogens is 266 g/mol. The molecule has 0 aliphatic heterocycles. The SMILES string of the molecule is Cl.NC(N)=NC(=O)c1cccc(C[SH](=O)=O)c1. The van der Waals surface area contributed by atoms with Crippen molar-refractivity contribution < 1.29 is 13.2 Å². The standard InChI is InChI=1S/C9H11N3O3S.ClH/c10-9(11)12-8(13)7-3-1-2-6(4-7)5-16(14)15;/h1-4,16H,5H2,(H4,10,11,12,13);1H. The third-order valence-corrected chi connectivity index (χ3v) is 2.34. The average Bonchev–Trinajstić information content (AvgIpc) is 2.16. The number of halogens is 1. The molecule has 6 nitrogen and oxygen atoms in total. The summed E-state index contributed by atoms with van der Waals surface area (Å²) >= 11 is 0. The zero-order valence-corrected chi connectivity index (χ0v) is 10.4. The van der Waals surface area contributed by atoms with Crippen LogP contribution in [0.1, 0.15) is 15.9 Å². The molecule has 0 heterocycles. The highest BCUT2D eigenvalue weighted by atomic mass is 35.5. The summed E-state index contributed by atoms with van der Waals surface area (Å²) in [6.07, 6.45) is 0. The zero-order chi connectivity index (χ0) is 12.1. The first-order valence-corrected chi connectivity index (χ1v) is 5.70. The predicted molar refractivity (Wildman–Crippen MR) is 67.8 cm³/mol. The zero-order valence-electron chi connectivity index (χ0n) is 8.70. The van der Waals surface area contributed by atoms with E-state index < -0.39 is 16.6 Å². The number of hydrogen-bond donors (Lipinski definition) is 3. The Balaban J connectivity index is 0.00000256. The normalized spacial score (nSPS) is 9.47. The van der Waals surface area contributed by atoms with Crippen LogP contribution >= 0.6 is 12.4 Å². The van der Waals surface area contributed by atoms with Crippen LogP contribution in [0, 0.1) is 0 Å². The van der Waals surface area contributed by atoms with E-state index in [1.807, 2.05) is 0 Å². The molecule has 0 atom stereocenters. The van der Waals surface area contributed by atoms with E-state index >= 15 is 0 Å². The van der Waals surface area contributed by atoms with Crippen molar-refractivity contribution in [1.82, 2.24) is 0 Å². The predicted octanol–water partition coefficient (Wildman–Crippen LogP) is -0.367. The fourth-order valence-corrected chi connectivity index (χ4v) is 1.63. The lowest BCUT2D eigenvalue weighted by atomic mass is 10.1. The highest BCUT2D eigenvalue weighted by Crippen LogP contribution is 2.07. The molecule has 8 heteroatoms. The van der Waals surface area contributed by atoms with Crippen molar-refractivity contribution in [2.75, 3.05) is 0 Å². The monoisotopic (exact) mass is 277 g/mol. The Bertz CT molecular complexity index is 502. The number of guanidine groups is 1. The number of nitrogens with zero attached hydrogens (tertiary/aromatic N) is 1. The van der Waals surface area contributed by atoms with Crippen molar-refractivity contribution in [3.8, 4) is 0 Å². The van der Waals surface area contributed by atoms with Crippen LogP contribution in [0.25, 0.3) is 0 Å². The van der Waals surface area contributed by atoms with Gasteiger partial charge in [0.1, 0.15) is 10.7 Å². The van der Waals surface area contributed by atoms with E-state index in [0.29, 0.717) is 5.56 Å². The molecule has 4 N–H and O–H groups in total. The van der Waals surface area contributed by atoms with E-state index in [9.17, 15) is 13.2 Å². The van der Waals surface area contributed by atoms with Gasteiger partial charge in [-0.25, -0.2) is 8.42 Å². The van der Waals surface area contributed by atoms with E-state index in [1.54, 1.807) is 12.1 Å². The lowest BCUT2D eigenvalue weighted by molar-refractivity contribution is 0.100. The third kappa shape index (κ3) is 5.32. The molecule has 0 aliphatic rings. The van der Waals surface area contributed by atoms with Gasteiger partial charge in [-0.15, -0.1) is 12.4 Å². The molecule has 1 amide bonds. The second kappa shape index (κ2) is 6.87. The minimum atomic E-state index is -2.52. The molecule has 17 heavy (non-hydrogen) atoms. The molecule has 0 saturated carbocycles. The average molecular weight is 278 g/mol. The first-order valence-electron chi connectivity index (χ1n) is 4.33. The highest BCUT2D eigenvalue weighted by Gasteiger charge is 2.05. The molecule has 0 aromatic heterocycles. The van der Waals surface area contributed by atoms with Crippen molar-refractivity contribution >= 4 is 35.0 Å². The minimum absolute atomic E-state index is 0. The summed E-state index contributed by atoms with van der Waals surface area (Å²) in [5, 5.41) is 0. The van der Waals surface area contributed by atoms with E-state index in [2.05, 4.69) is 4.99 Å². The number of carbonyl (C=O) groups is 1. The molecule has 0 bridgehead atoms. The van der Waals surface area contributed by atoms with Gasteiger partial charge in [0.2, 0.25) is 0 Å². The second-order valence-electron chi connectivity index (χ2n) is 3.03. The molecule has 0 unspecified atom stereocenters. The number of nitrogens with two attached hydrogens (primary N) is 2. The maximum Gasteiger partial charge on any atom is 0.280 e. The summed E-state index contributed by atoms with van der Waals surface area (Å²) in [4.78, 5) is 14.7. The minimum Gasteiger partial charge on any atom is -0.370 e. The first kappa shape index (κ1) is 15.4. The summed E-state index contributed by atoms with van der Waals surface area (Å²) in [7, 11) is -2.52. The van der Waals surface area contributed by atoms with Gasteiger partial charge in [-0.2, -0.15) is 4.99 Å². The van der Waals surface area contributed by atoms with Gasteiger partial charge in [0.05, 0.1) is 5.75 Å². The number of carbonyl (C=O) groups excluding carboxylic acids is 1. The van der Waals surface area contributed by atoms with Crippen molar-refractivity contribution in [3.63, 3.8) is 0 Å². The largest absolute Gasteiger partial charge is 0.370 e. The Labute approximate surface area is 106 Å². The summed E-state index contributed by atoms with van der Waals surface area (Å²) < 4.78 is 21.0. The fourth-order valence-electron chi connectivity index (χ4n) is 1.13. The third-order valence-electron chi connectivity index (χ3n) is 1.72. The van der Waals surface area contributed by atoms with Gasteiger partial charge < -0.3 is 11.5 Å². The maximum atomic E-state index is 11.4. The topological polar surface area (TPSA) is 116 Å². The quantitative estimate of drug-likeness (QED) is 0.396. The van der Waals surface area contributed by atoms with Gasteiger partial charge in [0, 0.05) is 5.56 Å². The van der Waals surface area contributed by atoms with Crippen LogP contribution < -0.4 is 11.5 Å². The van der Waals surface area contributed by atoms with Crippen LogP contribution in [0.3, 0.4) is 0 Å². The van der Waals surface area contributed by atoms with Gasteiger partial charge in [-0.1, -0.05) is 12.1 Å². The Kier molecular flexibility index (Phi) is 6.22. The Morgan fingerprint density at radius 2 is 1.94 bits per heavy atom. The van der Waals surface area contributed by atoms with Crippen molar-refractivity contribution in [2.24, 2.45) is 16.5 Å². The van der Waals surface area contributed by atoms with Crippen LogP contribution in [-0.2, 0) is 16.5 Å². The van der Waals surface area contributed by atoms with Crippen molar-refractivity contribution in [3.05, 3.63) is 35.4 Å². The van der Waals surface area contributed by atoms with E-state index in [-0.39, 0.29) is 29.7 Å². The Morgan fingerprint density at radius 1 is 1.29 bits per heavy atom. The first-order chi connectivity index (χ1) is 7.49. The lowest BCUT2D eigenvalue weighted by Crippen LogP contribution is -2.24. The molecule has 1 rings (SSSR count). The van der Waals surface area contributed by atoms with E-state index in [4.69, 9.17) is 11.5 Å². The molecule has 0 spiro atoms. The van der Waals surface area contributed by atoms with Gasteiger partial charge in [-0.05, 0) is 17.7 Å². The number of thiol groups is 1. The fraction of sp³-hybridized carbons (Fsp3) is 0.111. The van der Waals surface area contributed by atoms with Gasteiger partial charge in [-0.3, -0.25) is 4.79 Å². The maximum absolute atomic E-state index is 11.4. The molecule has 0 fully saturated rings. The van der Waals surface area contributed by atoms with Crippen LogP contribution in [-0.4, -0.2) is 20.3 Å². The van der Waals surface area contributed by atoms with Crippen molar-refractivity contribution in [2.45, 2.75) is 5.75 Å². The van der Waals surface area contributed by atoms with Crippen LogP contribution in [0.15, 0.2) is 29.3 Å². The van der Waals surface area contributed by atoms with Gasteiger partial charge >= 0.3 is 0 Å². The second-order valence-corrected chi connectivity index (χ2v) is 4.01. The van der Waals surface area contributed by atoms with E-state index in [0.717, 1.165) is 0 Å². The Morgan fingerprint density at radius 3 is 2.47 bits per heavy atom. The van der Waals surface area contributed by atoms with Gasteiger partial charge in [0.15, 0.2) is 5.96 Å². The number of aliphatic imine (C=N–C) groups is 1. The molecule has 0 saturated heterocycles.